The number of nitrogens with zero attached hydrogens (tertiary/aromatic N) is 3. The van der Waals surface area contributed by atoms with Gasteiger partial charge >= 0.3 is 6.18 Å². The van der Waals surface area contributed by atoms with E-state index in [0.29, 0.717) is 0 Å². The van der Waals surface area contributed by atoms with Gasteiger partial charge in [0.2, 0.25) is 5.91 Å². The first kappa shape index (κ1) is 17.4. The smallest absolute Gasteiger partial charge is 0.324 e. The average molecular weight is 334 g/mol. The molecule has 0 aliphatic heterocycles. The number of halogens is 3. The second kappa shape index (κ2) is 6.66. The molecule has 0 aliphatic rings. The minimum atomic E-state index is -4.74. The lowest BCUT2D eigenvalue weighted by atomic mass is 10.1. The second-order valence-corrected chi connectivity index (χ2v) is 5.31. The largest absolute Gasteiger partial charge is 0.435 e. The fraction of sp³-hybridized carbons (Fsp3) is 0.250. The van der Waals surface area contributed by atoms with E-state index in [2.05, 4.69) is 15.3 Å². The SMILES string of the molecule is CC(C)C(=O)Nc1ccc(-c2cncc(C#N)c2)nc1C(F)(F)F. The van der Waals surface area contributed by atoms with Gasteiger partial charge < -0.3 is 5.32 Å². The second-order valence-electron chi connectivity index (χ2n) is 5.31. The van der Waals surface area contributed by atoms with Crippen molar-refractivity contribution in [1.29, 1.82) is 5.26 Å². The molecule has 2 heterocycles. The Labute approximate surface area is 136 Å². The third-order valence-corrected chi connectivity index (χ3v) is 3.11. The summed E-state index contributed by atoms with van der Waals surface area (Å²) >= 11 is 0. The molecule has 1 N–H and O–H groups in total. The van der Waals surface area contributed by atoms with Gasteiger partial charge in [-0.15, -0.1) is 0 Å². The van der Waals surface area contributed by atoms with Gasteiger partial charge in [-0.2, -0.15) is 18.4 Å². The molecule has 0 aliphatic carbocycles. The molecule has 0 atom stereocenters. The Balaban J connectivity index is 2.50. The summed E-state index contributed by atoms with van der Waals surface area (Å²) in [7, 11) is 0. The van der Waals surface area contributed by atoms with Gasteiger partial charge in [0.1, 0.15) is 6.07 Å². The number of rotatable bonds is 3. The molecule has 0 aromatic carbocycles. The number of amides is 1. The van der Waals surface area contributed by atoms with E-state index < -0.39 is 29.4 Å². The zero-order valence-corrected chi connectivity index (χ0v) is 12.8. The Morgan fingerprint density at radius 2 is 2.00 bits per heavy atom. The molecule has 0 radical (unpaired) electrons. The van der Waals surface area contributed by atoms with Crippen LogP contribution < -0.4 is 5.32 Å². The summed E-state index contributed by atoms with van der Waals surface area (Å²) in [5, 5.41) is 11.1. The molecule has 0 bridgehead atoms. The average Bonchev–Trinajstić information content (AvgIpc) is 2.54. The first-order chi connectivity index (χ1) is 11.2. The summed E-state index contributed by atoms with van der Waals surface area (Å²) in [6, 6.07) is 5.73. The minimum Gasteiger partial charge on any atom is -0.324 e. The van der Waals surface area contributed by atoms with Crippen molar-refractivity contribution in [3.63, 3.8) is 0 Å². The Bertz CT molecular complexity index is 810. The lowest BCUT2D eigenvalue weighted by Gasteiger charge is -2.15. The van der Waals surface area contributed by atoms with Crippen molar-refractivity contribution in [2.24, 2.45) is 5.92 Å². The van der Waals surface area contributed by atoms with Crippen molar-refractivity contribution in [3.8, 4) is 17.3 Å². The molecule has 24 heavy (non-hydrogen) atoms. The van der Waals surface area contributed by atoms with Crippen molar-refractivity contribution in [2.45, 2.75) is 20.0 Å². The highest BCUT2D eigenvalue weighted by molar-refractivity contribution is 5.92. The highest BCUT2D eigenvalue weighted by Gasteiger charge is 2.36. The first-order valence-electron chi connectivity index (χ1n) is 6.97. The van der Waals surface area contributed by atoms with Crippen LogP contribution in [0.15, 0.2) is 30.6 Å². The monoisotopic (exact) mass is 334 g/mol. The van der Waals surface area contributed by atoms with E-state index in [1.807, 2.05) is 6.07 Å². The molecule has 0 spiro atoms. The zero-order valence-electron chi connectivity index (χ0n) is 12.8. The maximum Gasteiger partial charge on any atom is 0.435 e. The maximum absolute atomic E-state index is 13.3. The predicted octanol–water partition coefficient (Wildman–Crippen LogP) is 3.63. The third kappa shape index (κ3) is 3.87. The Morgan fingerprint density at radius 3 is 2.58 bits per heavy atom. The number of alkyl halides is 3. The minimum absolute atomic E-state index is 0.00877. The molecule has 2 aromatic rings. The van der Waals surface area contributed by atoms with Crippen molar-refractivity contribution < 1.29 is 18.0 Å². The van der Waals surface area contributed by atoms with Gasteiger partial charge in [0, 0.05) is 23.9 Å². The Morgan fingerprint density at radius 1 is 1.29 bits per heavy atom. The van der Waals surface area contributed by atoms with E-state index in [1.165, 1.54) is 24.5 Å². The number of hydrogen-bond donors (Lipinski definition) is 1. The third-order valence-electron chi connectivity index (χ3n) is 3.11. The number of carbonyl (C=O) groups excluding carboxylic acids is 1. The highest BCUT2D eigenvalue weighted by atomic mass is 19.4. The van der Waals surface area contributed by atoms with Crippen LogP contribution in [0.1, 0.15) is 25.1 Å². The molecule has 0 saturated carbocycles. The normalized spacial score (nSPS) is 11.2. The first-order valence-corrected chi connectivity index (χ1v) is 6.97. The van der Waals surface area contributed by atoms with Gasteiger partial charge in [-0.05, 0) is 18.2 Å². The predicted molar refractivity (Wildman–Crippen MR) is 80.7 cm³/mol. The molecule has 0 fully saturated rings. The van der Waals surface area contributed by atoms with Gasteiger partial charge in [0.15, 0.2) is 5.69 Å². The molecule has 2 aromatic heterocycles. The molecule has 0 unspecified atom stereocenters. The summed E-state index contributed by atoms with van der Waals surface area (Å²) in [5.41, 5.74) is -1.11. The summed E-state index contributed by atoms with van der Waals surface area (Å²) in [6.45, 7) is 3.15. The van der Waals surface area contributed by atoms with E-state index in [9.17, 15) is 18.0 Å². The molecule has 5 nitrogen and oxygen atoms in total. The van der Waals surface area contributed by atoms with Gasteiger partial charge in [-0.25, -0.2) is 4.98 Å². The van der Waals surface area contributed by atoms with Crippen LogP contribution in [0.5, 0.6) is 0 Å². The molecule has 1 amide bonds. The molecule has 8 heteroatoms. The summed E-state index contributed by atoms with van der Waals surface area (Å²) in [5.74, 6) is -1.01. The maximum atomic E-state index is 13.3. The number of nitriles is 1. The van der Waals surface area contributed by atoms with Crippen LogP contribution in [0, 0.1) is 17.2 Å². The lowest BCUT2D eigenvalue weighted by molar-refractivity contribution is -0.140. The number of nitrogens with one attached hydrogen (secondary N) is 1. The Hall–Kier alpha value is -2.95. The summed E-state index contributed by atoms with van der Waals surface area (Å²) in [4.78, 5) is 19.1. The molecular formula is C16H13F3N4O. The Kier molecular flexibility index (Phi) is 4.83. The quantitative estimate of drug-likeness (QED) is 0.929. The molecule has 124 valence electrons. The van der Waals surface area contributed by atoms with Gasteiger partial charge in [0.25, 0.3) is 0 Å². The number of carbonyl (C=O) groups is 1. The lowest BCUT2D eigenvalue weighted by Crippen LogP contribution is -2.21. The van der Waals surface area contributed by atoms with Crippen LogP contribution in [0.25, 0.3) is 11.3 Å². The molecular weight excluding hydrogens is 321 g/mol. The standard InChI is InChI=1S/C16H13F3N4O/c1-9(2)15(24)23-13-4-3-12(22-14(13)16(17,18)19)11-5-10(6-20)7-21-8-11/h3-5,7-9H,1-2H3,(H,23,24). The van der Waals surface area contributed by atoms with Crippen molar-refractivity contribution in [3.05, 3.63) is 41.9 Å². The van der Waals surface area contributed by atoms with E-state index in [-0.39, 0.29) is 16.8 Å². The van der Waals surface area contributed by atoms with Gasteiger partial charge in [0.05, 0.1) is 16.9 Å². The summed E-state index contributed by atoms with van der Waals surface area (Å²) < 4.78 is 39.8. The number of hydrogen-bond acceptors (Lipinski definition) is 4. The van der Waals surface area contributed by atoms with Crippen LogP contribution in [0.3, 0.4) is 0 Å². The van der Waals surface area contributed by atoms with Gasteiger partial charge in [-0.1, -0.05) is 13.8 Å². The molecule has 0 saturated heterocycles. The van der Waals surface area contributed by atoms with E-state index in [0.717, 1.165) is 6.07 Å². The van der Waals surface area contributed by atoms with E-state index in [1.54, 1.807) is 13.8 Å². The van der Waals surface area contributed by atoms with Crippen LogP contribution in [-0.4, -0.2) is 15.9 Å². The zero-order chi connectivity index (χ0) is 17.9. The summed E-state index contributed by atoms with van der Waals surface area (Å²) in [6.07, 6.45) is -2.13. The van der Waals surface area contributed by atoms with Crippen LogP contribution in [0.4, 0.5) is 18.9 Å². The fourth-order valence-corrected chi connectivity index (χ4v) is 1.86. The topological polar surface area (TPSA) is 78.7 Å². The molecule has 2 rings (SSSR count). The van der Waals surface area contributed by atoms with Crippen molar-refractivity contribution in [2.75, 3.05) is 5.32 Å². The van der Waals surface area contributed by atoms with Crippen LogP contribution in [-0.2, 0) is 11.0 Å². The number of pyridine rings is 2. The van der Waals surface area contributed by atoms with E-state index in [4.69, 9.17) is 5.26 Å². The number of anilines is 1. The fourth-order valence-electron chi connectivity index (χ4n) is 1.86. The number of aromatic nitrogens is 2. The highest BCUT2D eigenvalue weighted by Crippen LogP contribution is 2.35. The van der Waals surface area contributed by atoms with E-state index >= 15 is 0 Å². The van der Waals surface area contributed by atoms with Crippen LogP contribution >= 0.6 is 0 Å². The van der Waals surface area contributed by atoms with Gasteiger partial charge in [-0.3, -0.25) is 9.78 Å². The van der Waals surface area contributed by atoms with Crippen molar-refractivity contribution >= 4 is 11.6 Å². The van der Waals surface area contributed by atoms with Crippen molar-refractivity contribution in [1.82, 2.24) is 9.97 Å². The van der Waals surface area contributed by atoms with Crippen LogP contribution in [0.2, 0.25) is 0 Å².